The maximum atomic E-state index is 12.3. The molecular weight excluding hydrogens is 390 g/mol. The molecule has 0 aromatic heterocycles. The van der Waals surface area contributed by atoms with Crippen LogP contribution in [0, 0.1) is 5.92 Å². The molecule has 0 aliphatic heterocycles. The molecular formula is C25H35N3O3. The van der Waals surface area contributed by atoms with Crippen LogP contribution in [0.3, 0.4) is 0 Å². The lowest BCUT2D eigenvalue weighted by molar-refractivity contribution is -0.119. The van der Waals surface area contributed by atoms with Crippen LogP contribution in [0.4, 0.5) is 17.1 Å². The molecule has 0 heterocycles. The van der Waals surface area contributed by atoms with Crippen LogP contribution in [-0.4, -0.2) is 25.0 Å². The maximum absolute atomic E-state index is 12.3. The van der Waals surface area contributed by atoms with Crippen molar-refractivity contribution in [1.29, 1.82) is 0 Å². The van der Waals surface area contributed by atoms with E-state index in [0.717, 1.165) is 17.9 Å². The number of hydrogen-bond acceptors (Lipinski definition) is 4. The van der Waals surface area contributed by atoms with Crippen LogP contribution in [0.15, 0.2) is 48.5 Å². The Morgan fingerprint density at radius 2 is 1.55 bits per heavy atom. The van der Waals surface area contributed by atoms with E-state index >= 15 is 0 Å². The van der Waals surface area contributed by atoms with Crippen molar-refractivity contribution >= 4 is 28.9 Å². The minimum Gasteiger partial charge on any atom is -0.494 e. The van der Waals surface area contributed by atoms with Crippen molar-refractivity contribution < 1.29 is 14.3 Å². The topological polar surface area (TPSA) is 79.5 Å². The van der Waals surface area contributed by atoms with Crippen molar-refractivity contribution in [2.75, 3.05) is 29.1 Å². The molecule has 0 unspecified atom stereocenters. The lowest BCUT2D eigenvalue weighted by Gasteiger charge is -2.12. The van der Waals surface area contributed by atoms with Gasteiger partial charge in [-0.1, -0.05) is 58.6 Å². The molecule has 2 aromatic rings. The van der Waals surface area contributed by atoms with Gasteiger partial charge in [-0.2, -0.15) is 0 Å². The Labute approximate surface area is 185 Å². The van der Waals surface area contributed by atoms with Crippen molar-refractivity contribution in [2.24, 2.45) is 5.92 Å². The van der Waals surface area contributed by atoms with Gasteiger partial charge in [-0.3, -0.25) is 9.59 Å². The average Bonchev–Trinajstić information content (AvgIpc) is 2.75. The average molecular weight is 426 g/mol. The van der Waals surface area contributed by atoms with E-state index in [4.69, 9.17) is 4.74 Å². The summed E-state index contributed by atoms with van der Waals surface area (Å²) >= 11 is 0. The number of ether oxygens (including phenoxy) is 1. The second kappa shape index (κ2) is 13.3. The quantitative estimate of drug-likeness (QED) is 0.361. The van der Waals surface area contributed by atoms with E-state index in [1.165, 1.54) is 25.7 Å². The number of amides is 2. The van der Waals surface area contributed by atoms with E-state index in [1.54, 1.807) is 0 Å². The molecule has 0 aliphatic carbocycles. The molecule has 31 heavy (non-hydrogen) atoms. The number of anilines is 3. The van der Waals surface area contributed by atoms with E-state index in [1.807, 2.05) is 62.4 Å². The van der Waals surface area contributed by atoms with Crippen LogP contribution in [0.25, 0.3) is 0 Å². The van der Waals surface area contributed by atoms with Crippen LogP contribution in [-0.2, 0) is 9.59 Å². The standard InChI is InChI=1S/C25H35N3O3/c1-4-5-6-7-8-15-31-23-14-10-13-22(17-23)27-24(29)18-26-20-11-9-12-21(16-20)28-25(30)19(2)3/h9-14,16-17,19,26H,4-8,15,18H2,1-3H3,(H,27,29)(H,28,30). The van der Waals surface area contributed by atoms with E-state index in [9.17, 15) is 9.59 Å². The van der Waals surface area contributed by atoms with Crippen LogP contribution >= 0.6 is 0 Å². The third kappa shape index (κ3) is 9.55. The minimum absolute atomic E-state index is 0.0436. The first-order valence-corrected chi connectivity index (χ1v) is 11.2. The highest BCUT2D eigenvalue weighted by Gasteiger charge is 2.08. The van der Waals surface area contributed by atoms with Crippen LogP contribution in [0.1, 0.15) is 52.9 Å². The highest BCUT2D eigenvalue weighted by Crippen LogP contribution is 2.19. The number of benzene rings is 2. The normalized spacial score (nSPS) is 10.6. The third-order valence-electron chi connectivity index (χ3n) is 4.74. The van der Waals surface area contributed by atoms with E-state index < -0.39 is 0 Å². The molecule has 0 atom stereocenters. The highest BCUT2D eigenvalue weighted by atomic mass is 16.5. The number of hydrogen-bond donors (Lipinski definition) is 3. The van der Waals surface area contributed by atoms with E-state index in [-0.39, 0.29) is 24.3 Å². The highest BCUT2D eigenvalue weighted by molar-refractivity contribution is 5.94. The summed E-state index contributed by atoms with van der Waals surface area (Å²) < 4.78 is 5.80. The van der Waals surface area contributed by atoms with Gasteiger partial charge in [0.15, 0.2) is 0 Å². The smallest absolute Gasteiger partial charge is 0.243 e. The molecule has 0 radical (unpaired) electrons. The number of carbonyl (C=O) groups excluding carboxylic acids is 2. The molecule has 0 spiro atoms. The first kappa shape index (κ1) is 24.3. The lowest BCUT2D eigenvalue weighted by Crippen LogP contribution is -2.22. The molecule has 2 aromatic carbocycles. The van der Waals surface area contributed by atoms with Gasteiger partial charge in [0, 0.05) is 29.0 Å². The molecule has 6 heteroatoms. The van der Waals surface area contributed by atoms with Gasteiger partial charge >= 0.3 is 0 Å². The molecule has 6 nitrogen and oxygen atoms in total. The van der Waals surface area contributed by atoms with Gasteiger partial charge in [0.1, 0.15) is 5.75 Å². The zero-order valence-corrected chi connectivity index (χ0v) is 18.9. The summed E-state index contributed by atoms with van der Waals surface area (Å²) in [7, 11) is 0. The first-order chi connectivity index (χ1) is 15.0. The Morgan fingerprint density at radius 3 is 2.29 bits per heavy atom. The van der Waals surface area contributed by atoms with Crippen molar-refractivity contribution in [3.8, 4) is 5.75 Å². The van der Waals surface area contributed by atoms with Crippen LogP contribution < -0.4 is 20.7 Å². The van der Waals surface area contributed by atoms with Gasteiger partial charge in [0.2, 0.25) is 11.8 Å². The summed E-state index contributed by atoms with van der Waals surface area (Å²) in [5.41, 5.74) is 2.16. The second-order valence-corrected chi connectivity index (χ2v) is 7.92. The molecule has 0 aliphatic rings. The second-order valence-electron chi connectivity index (χ2n) is 7.92. The molecule has 2 rings (SSSR count). The lowest BCUT2D eigenvalue weighted by atomic mass is 10.2. The van der Waals surface area contributed by atoms with Gasteiger partial charge in [0.05, 0.1) is 13.2 Å². The molecule has 0 fully saturated rings. The van der Waals surface area contributed by atoms with Gasteiger partial charge < -0.3 is 20.7 Å². The number of carbonyl (C=O) groups is 2. The summed E-state index contributed by atoms with van der Waals surface area (Å²) in [4.78, 5) is 24.2. The maximum Gasteiger partial charge on any atom is 0.243 e. The Kier molecular flexibility index (Phi) is 10.4. The molecule has 0 bridgehead atoms. The Bertz CT molecular complexity index is 836. The van der Waals surface area contributed by atoms with Crippen molar-refractivity contribution in [3.05, 3.63) is 48.5 Å². The summed E-state index contributed by atoms with van der Waals surface area (Å²) in [5.74, 6) is 0.462. The summed E-state index contributed by atoms with van der Waals surface area (Å²) in [6.45, 7) is 6.69. The largest absolute Gasteiger partial charge is 0.494 e. The first-order valence-electron chi connectivity index (χ1n) is 11.2. The van der Waals surface area contributed by atoms with Crippen LogP contribution in [0.5, 0.6) is 5.75 Å². The Hall–Kier alpha value is -3.02. The Balaban J connectivity index is 1.78. The number of rotatable bonds is 13. The van der Waals surface area contributed by atoms with Gasteiger partial charge in [0.25, 0.3) is 0 Å². The molecule has 0 saturated heterocycles. The number of nitrogens with one attached hydrogen (secondary N) is 3. The van der Waals surface area contributed by atoms with Crippen LogP contribution in [0.2, 0.25) is 0 Å². The molecule has 2 amide bonds. The van der Waals surface area contributed by atoms with Crippen molar-refractivity contribution in [3.63, 3.8) is 0 Å². The summed E-state index contributed by atoms with van der Waals surface area (Å²) in [6.07, 6.45) is 5.97. The molecule has 3 N–H and O–H groups in total. The van der Waals surface area contributed by atoms with Crippen molar-refractivity contribution in [2.45, 2.75) is 52.9 Å². The fraction of sp³-hybridized carbons (Fsp3) is 0.440. The predicted octanol–water partition coefficient (Wildman–Crippen LogP) is 5.68. The van der Waals surface area contributed by atoms with Gasteiger partial charge in [-0.15, -0.1) is 0 Å². The Morgan fingerprint density at radius 1 is 0.871 bits per heavy atom. The SMILES string of the molecule is CCCCCCCOc1cccc(NC(=O)CNc2cccc(NC(=O)C(C)C)c2)c1. The molecule has 0 saturated carbocycles. The monoisotopic (exact) mass is 425 g/mol. The minimum atomic E-state index is -0.159. The molecule has 168 valence electrons. The summed E-state index contributed by atoms with van der Waals surface area (Å²) in [6, 6.07) is 14.8. The predicted molar refractivity (Wildman–Crippen MR) is 128 cm³/mol. The fourth-order valence-electron chi connectivity index (χ4n) is 2.94. The van der Waals surface area contributed by atoms with Crippen molar-refractivity contribution in [1.82, 2.24) is 0 Å². The van der Waals surface area contributed by atoms with E-state index in [0.29, 0.717) is 18.0 Å². The number of unbranched alkanes of at least 4 members (excludes halogenated alkanes) is 4. The fourth-order valence-corrected chi connectivity index (χ4v) is 2.94. The van der Waals surface area contributed by atoms with E-state index in [2.05, 4.69) is 22.9 Å². The zero-order valence-electron chi connectivity index (χ0n) is 18.9. The third-order valence-corrected chi connectivity index (χ3v) is 4.74. The summed E-state index contributed by atoms with van der Waals surface area (Å²) in [5, 5.41) is 8.82. The zero-order chi connectivity index (χ0) is 22.5. The van der Waals surface area contributed by atoms with Gasteiger partial charge in [-0.25, -0.2) is 0 Å². The van der Waals surface area contributed by atoms with Gasteiger partial charge in [-0.05, 0) is 36.8 Å².